The zero-order valence-electron chi connectivity index (χ0n) is 17.2. The molecule has 0 atom stereocenters. The first-order valence-corrected chi connectivity index (χ1v) is 10.0. The molecule has 0 saturated carbocycles. The van der Waals surface area contributed by atoms with Gasteiger partial charge in [-0.2, -0.15) is 13.8 Å². The van der Waals surface area contributed by atoms with Crippen LogP contribution in [0.4, 0.5) is 13.2 Å². The molecular formula is C21H21F3N2O4S. The topological polar surface area (TPSA) is 70.5 Å². The van der Waals surface area contributed by atoms with Crippen molar-refractivity contribution in [3.63, 3.8) is 0 Å². The normalized spacial score (nSPS) is 11.1. The van der Waals surface area contributed by atoms with E-state index < -0.39 is 24.3 Å². The minimum Gasteiger partial charge on any atom is -0.503 e. The highest BCUT2D eigenvalue weighted by Crippen LogP contribution is 2.25. The number of rotatable bonds is 10. The van der Waals surface area contributed by atoms with Crippen molar-refractivity contribution in [1.29, 1.82) is 0 Å². The summed E-state index contributed by atoms with van der Waals surface area (Å²) in [5, 5.41) is 0.282. The molecule has 0 N–H and O–H groups in total. The molecule has 0 aliphatic carbocycles. The molecule has 166 valence electrons. The zero-order valence-corrected chi connectivity index (χ0v) is 18.0. The Morgan fingerprint density at radius 3 is 2.58 bits per heavy atom. The largest absolute Gasteiger partial charge is 0.503 e. The molecule has 0 fully saturated rings. The predicted octanol–water partition coefficient (Wildman–Crippen LogP) is 5.08. The summed E-state index contributed by atoms with van der Waals surface area (Å²) >= 11 is 1.04. The number of nitrogens with zero attached hydrogens (tertiary/aromatic N) is 2. The van der Waals surface area contributed by atoms with Crippen molar-refractivity contribution in [3.8, 4) is 5.88 Å². The fourth-order valence-corrected chi connectivity index (χ4v) is 3.32. The standard InChI is InChI=1S/C21H21F3N2O4S/c1-13-10-18(26-21(25-13)31-9-8-17(22)19(23)24)30-11-14-6-4-5-7-15(14)16(12-28-2)20(27)29-3/h4-7,10,12H,8-9,11H2,1-3H3/b16-12+. The van der Waals surface area contributed by atoms with E-state index in [0.717, 1.165) is 11.8 Å². The summed E-state index contributed by atoms with van der Waals surface area (Å²) in [7, 11) is 2.70. The summed E-state index contributed by atoms with van der Waals surface area (Å²) in [5.74, 6) is -1.69. The molecule has 2 aromatic rings. The molecule has 10 heteroatoms. The van der Waals surface area contributed by atoms with Crippen LogP contribution in [-0.4, -0.2) is 35.9 Å². The maximum Gasteiger partial charge on any atom is 0.341 e. The van der Waals surface area contributed by atoms with Gasteiger partial charge in [0.25, 0.3) is 0 Å². The van der Waals surface area contributed by atoms with Crippen molar-refractivity contribution in [3.05, 3.63) is 65.3 Å². The number of thioether (sulfide) groups is 1. The Bertz CT molecular complexity index is 979. The smallest absolute Gasteiger partial charge is 0.341 e. The van der Waals surface area contributed by atoms with Crippen LogP contribution in [0.15, 0.2) is 53.7 Å². The molecular weight excluding hydrogens is 433 g/mol. The first-order valence-electron chi connectivity index (χ1n) is 9.06. The van der Waals surface area contributed by atoms with Crippen molar-refractivity contribution in [2.45, 2.75) is 25.1 Å². The lowest BCUT2D eigenvalue weighted by Gasteiger charge is -2.13. The molecule has 0 saturated heterocycles. The number of allylic oxidation sites excluding steroid dienone is 1. The highest BCUT2D eigenvalue weighted by atomic mass is 32.2. The summed E-state index contributed by atoms with van der Waals surface area (Å²) in [6.45, 7) is 1.81. The third kappa shape index (κ3) is 7.32. The minimum absolute atomic E-state index is 0.0548. The molecule has 31 heavy (non-hydrogen) atoms. The first kappa shape index (κ1) is 24.3. The van der Waals surface area contributed by atoms with Gasteiger partial charge in [-0.05, 0) is 18.1 Å². The molecule has 0 aliphatic rings. The molecule has 2 rings (SSSR count). The van der Waals surface area contributed by atoms with Crippen LogP contribution in [0.3, 0.4) is 0 Å². The van der Waals surface area contributed by atoms with Gasteiger partial charge in [-0.25, -0.2) is 14.2 Å². The van der Waals surface area contributed by atoms with Crippen LogP contribution < -0.4 is 4.74 Å². The van der Waals surface area contributed by atoms with Crippen molar-refractivity contribution in [2.24, 2.45) is 0 Å². The van der Waals surface area contributed by atoms with E-state index in [-0.39, 0.29) is 29.0 Å². The van der Waals surface area contributed by atoms with E-state index in [2.05, 4.69) is 9.97 Å². The van der Waals surface area contributed by atoms with Crippen molar-refractivity contribution in [1.82, 2.24) is 9.97 Å². The Balaban J connectivity index is 2.15. The van der Waals surface area contributed by atoms with Gasteiger partial charge < -0.3 is 14.2 Å². The molecule has 0 unspecified atom stereocenters. The summed E-state index contributed by atoms with van der Waals surface area (Å²) in [6.07, 6.45) is -1.44. The van der Waals surface area contributed by atoms with Crippen LogP contribution in [0.1, 0.15) is 23.2 Å². The number of aromatic nitrogens is 2. The first-order chi connectivity index (χ1) is 14.8. The minimum atomic E-state index is -2.32. The highest BCUT2D eigenvalue weighted by molar-refractivity contribution is 7.99. The number of carbonyl (C=O) groups excluding carboxylic acids is 1. The van der Waals surface area contributed by atoms with Gasteiger partial charge in [-0.3, -0.25) is 0 Å². The number of carbonyl (C=O) groups is 1. The van der Waals surface area contributed by atoms with E-state index in [1.54, 1.807) is 37.3 Å². The predicted molar refractivity (Wildman–Crippen MR) is 110 cm³/mol. The molecule has 0 aliphatic heterocycles. The van der Waals surface area contributed by atoms with E-state index in [1.165, 1.54) is 20.5 Å². The van der Waals surface area contributed by atoms with Crippen LogP contribution in [0.2, 0.25) is 0 Å². The van der Waals surface area contributed by atoms with Gasteiger partial charge in [0.15, 0.2) is 11.0 Å². The van der Waals surface area contributed by atoms with E-state index in [1.807, 2.05) is 0 Å². The monoisotopic (exact) mass is 454 g/mol. The molecule has 1 aromatic carbocycles. The van der Waals surface area contributed by atoms with Gasteiger partial charge in [-0.1, -0.05) is 36.0 Å². The van der Waals surface area contributed by atoms with Crippen molar-refractivity contribution < 1.29 is 32.2 Å². The summed E-state index contributed by atoms with van der Waals surface area (Å²) in [5.41, 5.74) is 2.09. The number of hydrogen-bond donors (Lipinski definition) is 0. The Labute approximate surface area is 182 Å². The Hall–Kier alpha value is -3.01. The van der Waals surface area contributed by atoms with E-state index in [9.17, 15) is 18.0 Å². The summed E-state index contributed by atoms with van der Waals surface area (Å²) < 4.78 is 52.8. The second-order valence-electron chi connectivity index (χ2n) is 6.10. The van der Waals surface area contributed by atoms with Crippen LogP contribution in [0.25, 0.3) is 5.57 Å². The maximum absolute atomic E-state index is 12.9. The Morgan fingerprint density at radius 2 is 1.90 bits per heavy atom. The third-order valence-corrected chi connectivity index (χ3v) is 4.74. The van der Waals surface area contributed by atoms with Gasteiger partial charge in [0.2, 0.25) is 5.88 Å². The van der Waals surface area contributed by atoms with Gasteiger partial charge >= 0.3 is 12.0 Å². The molecule has 1 aromatic heterocycles. The molecule has 0 spiro atoms. The van der Waals surface area contributed by atoms with Crippen molar-refractivity contribution in [2.75, 3.05) is 20.0 Å². The highest BCUT2D eigenvalue weighted by Gasteiger charge is 2.17. The van der Waals surface area contributed by atoms with Gasteiger partial charge in [0.05, 0.1) is 20.5 Å². The summed E-state index contributed by atoms with van der Waals surface area (Å²) in [6, 6.07) is 8.69. The molecule has 0 amide bonds. The zero-order chi connectivity index (χ0) is 22.8. The van der Waals surface area contributed by atoms with Crippen LogP contribution in [0, 0.1) is 6.92 Å². The Morgan fingerprint density at radius 1 is 1.16 bits per heavy atom. The number of esters is 1. The van der Waals surface area contributed by atoms with E-state index in [4.69, 9.17) is 14.2 Å². The molecule has 0 bridgehead atoms. The second kappa shape index (κ2) is 12.0. The van der Waals surface area contributed by atoms with Gasteiger partial charge in [0.1, 0.15) is 12.2 Å². The number of ether oxygens (including phenoxy) is 3. The lowest BCUT2D eigenvalue weighted by Crippen LogP contribution is -2.09. The average molecular weight is 454 g/mol. The van der Waals surface area contributed by atoms with Crippen molar-refractivity contribution >= 4 is 23.3 Å². The summed E-state index contributed by atoms with van der Waals surface area (Å²) in [4.78, 5) is 20.5. The van der Waals surface area contributed by atoms with Gasteiger partial charge in [0, 0.05) is 23.9 Å². The molecule has 0 radical (unpaired) electrons. The van der Waals surface area contributed by atoms with E-state index in [0.29, 0.717) is 16.8 Å². The molecule has 6 nitrogen and oxygen atoms in total. The SMILES string of the molecule is CO/C=C(/C(=O)OC)c1ccccc1COc1cc(C)nc(SCCC(F)=C(F)F)n1. The van der Waals surface area contributed by atoms with Crippen LogP contribution in [0.5, 0.6) is 5.88 Å². The Kier molecular flexibility index (Phi) is 9.39. The second-order valence-corrected chi connectivity index (χ2v) is 7.16. The fourth-order valence-electron chi connectivity index (χ4n) is 2.49. The lowest BCUT2D eigenvalue weighted by atomic mass is 10.0. The maximum atomic E-state index is 12.9. The number of benzene rings is 1. The number of methoxy groups -OCH3 is 2. The third-order valence-electron chi connectivity index (χ3n) is 3.89. The fraction of sp³-hybridized carbons (Fsp3) is 0.286. The average Bonchev–Trinajstić information content (AvgIpc) is 2.75. The molecule has 1 heterocycles. The number of halogens is 3. The number of hydrogen-bond acceptors (Lipinski definition) is 7. The van der Waals surface area contributed by atoms with E-state index >= 15 is 0 Å². The number of aryl methyl sites for hydroxylation is 1. The van der Waals surface area contributed by atoms with Crippen LogP contribution in [-0.2, 0) is 20.9 Å². The lowest BCUT2D eigenvalue weighted by molar-refractivity contribution is -0.133. The van der Waals surface area contributed by atoms with Crippen LogP contribution >= 0.6 is 11.8 Å². The quantitative estimate of drug-likeness (QED) is 0.163. The van der Waals surface area contributed by atoms with Gasteiger partial charge in [-0.15, -0.1) is 0 Å².